The number of methoxy groups -OCH3 is 1. The fraction of sp³-hybridized carbons (Fsp3) is 0.231. The number of aryl methyl sites for hydroxylation is 2. The molecule has 1 aromatic heterocycles. The molecule has 2 rings (SSSR count). The molecule has 0 atom stereocenters. The number of aromatic nitrogens is 2. The Bertz CT molecular complexity index is 582. The highest BCUT2D eigenvalue weighted by Crippen LogP contribution is 2.34. The molecule has 5 heteroatoms. The quantitative estimate of drug-likeness (QED) is 0.776. The minimum Gasteiger partial charge on any atom is -0.496 e. The van der Waals surface area contributed by atoms with Gasteiger partial charge in [0.05, 0.1) is 12.8 Å². The van der Waals surface area contributed by atoms with Crippen LogP contribution in [0.25, 0.3) is 11.3 Å². The van der Waals surface area contributed by atoms with Gasteiger partial charge in [-0.25, -0.2) is 9.97 Å². The fourth-order valence-corrected chi connectivity index (χ4v) is 2.33. The molecule has 0 saturated carbocycles. The first-order valence-corrected chi connectivity index (χ1v) is 6.54. The Kier molecular flexibility index (Phi) is 3.88. The van der Waals surface area contributed by atoms with Gasteiger partial charge in [-0.2, -0.15) is 0 Å². The van der Waals surface area contributed by atoms with Crippen molar-refractivity contribution in [1.82, 2.24) is 9.97 Å². The van der Waals surface area contributed by atoms with Crippen molar-refractivity contribution in [3.8, 4) is 17.0 Å². The molecule has 0 aliphatic rings. The average molecular weight is 328 g/mol. The van der Waals surface area contributed by atoms with Gasteiger partial charge in [0.1, 0.15) is 5.75 Å². The molecule has 0 saturated heterocycles. The molecule has 0 aliphatic heterocycles. The van der Waals surface area contributed by atoms with Gasteiger partial charge in [-0.05, 0) is 53.5 Å². The molecule has 0 unspecified atom stereocenters. The fourth-order valence-electron chi connectivity index (χ4n) is 1.69. The van der Waals surface area contributed by atoms with Crippen LogP contribution >= 0.6 is 27.5 Å². The van der Waals surface area contributed by atoms with Gasteiger partial charge in [0.2, 0.25) is 0 Å². The van der Waals surface area contributed by atoms with E-state index in [-0.39, 0.29) is 0 Å². The van der Waals surface area contributed by atoms with Crippen LogP contribution in [0.15, 0.2) is 22.9 Å². The van der Waals surface area contributed by atoms with Crippen molar-refractivity contribution >= 4 is 27.5 Å². The van der Waals surface area contributed by atoms with Gasteiger partial charge in [-0.15, -0.1) is 0 Å². The Balaban J connectivity index is 2.65. The molecular formula is C13H12BrClN2O. The summed E-state index contributed by atoms with van der Waals surface area (Å²) < 4.78 is 5.93. The second-order valence-corrected chi connectivity index (χ2v) is 5.08. The van der Waals surface area contributed by atoms with Crippen LogP contribution in [0.4, 0.5) is 0 Å². The summed E-state index contributed by atoms with van der Waals surface area (Å²) in [6.45, 7) is 3.86. The average Bonchev–Trinajstić information content (AvgIpc) is 2.30. The highest BCUT2D eigenvalue weighted by Gasteiger charge is 2.11. The molecule has 18 heavy (non-hydrogen) atoms. The van der Waals surface area contributed by atoms with Crippen molar-refractivity contribution in [2.75, 3.05) is 7.11 Å². The number of ether oxygens (including phenoxy) is 1. The van der Waals surface area contributed by atoms with E-state index >= 15 is 0 Å². The van der Waals surface area contributed by atoms with Crippen LogP contribution in [0, 0.1) is 13.8 Å². The first kappa shape index (κ1) is 13.3. The number of nitrogens with zero attached hydrogens (tertiary/aromatic N) is 2. The van der Waals surface area contributed by atoms with Crippen molar-refractivity contribution in [2.24, 2.45) is 0 Å². The van der Waals surface area contributed by atoms with Crippen LogP contribution in [0.3, 0.4) is 0 Å². The van der Waals surface area contributed by atoms with Gasteiger partial charge in [0, 0.05) is 16.3 Å². The zero-order chi connectivity index (χ0) is 13.3. The van der Waals surface area contributed by atoms with E-state index in [2.05, 4.69) is 25.9 Å². The van der Waals surface area contributed by atoms with Gasteiger partial charge in [0.15, 0.2) is 4.73 Å². The van der Waals surface area contributed by atoms with E-state index in [0.717, 1.165) is 28.3 Å². The monoisotopic (exact) mass is 326 g/mol. The summed E-state index contributed by atoms with van der Waals surface area (Å²) in [5.41, 5.74) is 3.50. The second kappa shape index (κ2) is 5.24. The number of hydrogen-bond donors (Lipinski definition) is 0. The highest BCUT2D eigenvalue weighted by atomic mass is 79.9. The van der Waals surface area contributed by atoms with E-state index in [1.807, 2.05) is 32.0 Å². The highest BCUT2D eigenvalue weighted by molar-refractivity contribution is 9.10. The third kappa shape index (κ3) is 2.65. The maximum Gasteiger partial charge on any atom is 0.197 e. The minimum absolute atomic E-state index is 0.552. The number of hydrogen-bond acceptors (Lipinski definition) is 3. The maximum atomic E-state index is 6.16. The summed E-state index contributed by atoms with van der Waals surface area (Å²) in [7, 11) is 1.63. The maximum absolute atomic E-state index is 6.16. The van der Waals surface area contributed by atoms with E-state index < -0.39 is 0 Å². The summed E-state index contributed by atoms with van der Waals surface area (Å²) in [5, 5.41) is 0.693. The third-order valence-corrected chi connectivity index (χ3v) is 3.35. The van der Waals surface area contributed by atoms with Crippen LogP contribution in [0.5, 0.6) is 5.75 Å². The number of halogens is 2. The molecule has 1 aromatic carbocycles. The summed E-state index contributed by atoms with van der Waals surface area (Å²) in [4.78, 5) is 8.54. The third-order valence-electron chi connectivity index (χ3n) is 2.58. The van der Waals surface area contributed by atoms with Crippen molar-refractivity contribution in [3.05, 3.63) is 39.2 Å². The van der Waals surface area contributed by atoms with Crippen LogP contribution in [-0.4, -0.2) is 17.1 Å². The topological polar surface area (TPSA) is 35.0 Å². The molecule has 2 aromatic rings. The predicted molar refractivity (Wildman–Crippen MR) is 76.2 cm³/mol. The van der Waals surface area contributed by atoms with Gasteiger partial charge in [0.25, 0.3) is 0 Å². The molecular weight excluding hydrogens is 316 g/mol. The molecule has 0 fully saturated rings. The van der Waals surface area contributed by atoms with E-state index in [0.29, 0.717) is 9.76 Å². The van der Waals surface area contributed by atoms with Gasteiger partial charge >= 0.3 is 0 Å². The van der Waals surface area contributed by atoms with Gasteiger partial charge in [-0.3, -0.25) is 0 Å². The summed E-state index contributed by atoms with van der Waals surface area (Å²) >= 11 is 9.46. The van der Waals surface area contributed by atoms with Crippen LogP contribution in [0.2, 0.25) is 5.02 Å². The van der Waals surface area contributed by atoms with Crippen LogP contribution in [0.1, 0.15) is 11.3 Å². The minimum atomic E-state index is 0.552. The molecule has 0 amide bonds. The number of benzene rings is 1. The molecule has 0 aliphatic carbocycles. The summed E-state index contributed by atoms with van der Waals surface area (Å²) in [6.07, 6.45) is 0. The first-order valence-electron chi connectivity index (χ1n) is 5.37. The number of rotatable bonds is 2. The van der Waals surface area contributed by atoms with Crippen LogP contribution < -0.4 is 4.74 Å². The normalized spacial score (nSPS) is 10.5. The molecule has 0 radical (unpaired) electrons. The second-order valence-electron chi connectivity index (χ2n) is 3.97. The Morgan fingerprint density at radius 1 is 1.17 bits per heavy atom. The van der Waals surface area contributed by atoms with Gasteiger partial charge in [-0.1, -0.05) is 11.6 Å². The van der Waals surface area contributed by atoms with Crippen LogP contribution in [-0.2, 0) is 0 Å². The van der Waals surface area contributed by atoms with E-state index in [9.17, 15) is 0 Å². The molecule has 1 heterocycles. The Morgan fingerprint density at radius 3 is 2.50 bits per heavy atom. The lowest BCUT2D eigenvalue weighted by atomic mass is 10.1. The smallest absolute Gasteiger partial charge is 0.197 e. The standard InChI is InChI=1S/C13H12BrClN2O/c1-7-4-12(18-3)9(6-10(7)15)11-5-8(2)16-13(14)17-11/h4-6H,1-3H3. The molecule has 0 bridgehead atoms. The zero-order valence-electron chi connectivity index (χ0n) is 10.3. The van der Waals surface area contributed by atoms with Crippen molar-refractivity contribution < 1.29 is 4.74 Å². The van der Waals surface area contributed by atoms with E-state index in [1.165, 1.54) is 0 Å². The first-order chi connectivity index (χ1) is 8.51. The SMILES string of the molecule is COc1cc(C)c(Cl)cc1-c1cc(C)nc(Br)n1. The zero-order valence-corrected chi connectivity index (χ0v) is 12.6. The Morgan fingerprint density at radius 2 is 1.89 bits per heavy atom. The lowest BCUT2D eigenvalue weighted by Crippen LogP contribution is -1.95. The van der Waals surface area contributed by atoms with Crippen molar-refractivity contribution in [1.29, 1.82) is 0 Å². The van der Waals surface area contributed by atoms with Gasteiger partial charge < -0.3 is 4.74 Å². The summed E-state index contributed by atoms with van der Waals surface area (Å²) in [5.74, 6) is 0.752. The lowest BCUT2D eigenvalue weighted by molar-refractivity contribution is 0.416. The Labute approximate surface area is 119 Å². The summed E-state index contributed by atoms with van der Waals surface area (Å²) in [6, 6.07) is 5.67. The predicted octanol–water partition coefficient (Wildman–Crippen LogP) is 4.18. The van der Waals surface area contributed by atoms with E-state index in [4.69, 9.17) is 16.3 Å². The molecule has 0 N–H and O–H groups in total. The largest absolute Gasteiger partial charge is 0.496 e. The lowest BCUT2D eigenvalue weighted by Gasteiger charge is -2.11. The molecule has 94 valence electrons. The van der Waals surface area contributed by atoms with Crippen molar-refractivity contribution in [2.45, 2.75) is 13.8 Å². The van der Waals surface area contributed by atoms with E-state index in [1.54, 1.807) is 7.11 Å². The molecule has 3 nitrogen and oxygen atoms in total. The molecule has 0 spiro atoms. The Hall–Kier alpha value is -1.13. The van der Waals surface area contributed by atoms with Crippen molar-refractivity contribution in [3.63, 3.8) is 0 Å².